The maximum atomic E-state index is 13.0. The zero-order valence-corrected chi connectivity index (χ0v) is 16.8. The van der Waals surface area contributed by atoms with Crippen LogP contribution in [0.1, 0.15) is 54.6 Å². The van der Waals surface area contributed by atoms with Gasteiger partial charge >= 0.3 is 0 Å². The summed E-state index contributed by atoms with van der Waals surface area (Å²) >= 11 is 0. The summed E-state index contributed by atoms with van der Waals surface area (Å²) in [4.78, 5) is 36.1. The van der Waals surface area contributed by atoms with Gasteiger partial charge in [-0.1, -0.05) is 49.6 Å². The SMILES string of the molecule is O=C(CN1CCCc2nc(-c3ccccc3)ncc2C1=O)NCC1CCCCC1. The van der Waals surface area contributed by atoms with E-state index in [0.717, 1.165) is 24.2 Å². The number of carbonyl (C=O) groups is 2. The van der Waals surface area contributed by atoms with Crippen molar-refractivity contribution in [2.75, 3.05) is 19.6 Å². The highest BCUT2D eigenvalue weighted by Crippen LogP contribution is 2.23. The molecule has 2 aliphatic rings. The molecule has 1 aromatic carbocycles. The molecule has 1 saturated carbocycles. The second-order valence-electron chi connectivity index (χ2n) is 8.06. The van der Waals surface area contributed by atoms with Gasteiger partial charge in [0.1, 0.15) is 0 Å². The van der Waals surface area contributed by atoms with E-state index in [0.29, 0.717) is 30.3 Å². The third kappa shape index (κ3) is 4.81. The van der Waals surface area contributed by atoms with Crippen molar-refractivity contribution >= 4 is 11.8 Å². The van der Waals surface area contributed by atoms with Crippen molar-refractivity contribution < 1.29 is 9.59 Å². The van der Waals surface area contributed by atoms with Gasteiger partial charge in [-0.05, 0) is 31.6 Å². The number of carbonyl (C=O) groups excluding carboxylic acids is 2. The van der Waals surface area contributed by atoms with E-state index < -0.39 is 0 Å². The van der Waals surface area contributed by atoms with Gasteiger partial charge in [0.05, 0.1) is 17.8 Å². The molecule has 1 N–H and O–H groups in total. The Kier molecular flexibility index (Phi) is 6.17. The third-order valence-corrected chi connectivity index (χ3v) is 5.91. The predicted molar refractivity (Wildman–Crippen MR) is 111 cm³/mol. The molecule has 6 nitrogen and oxygen atoms in total. The monoisotopic (exact) mass is 392 g/mol. The van der Waals surface area contributed by atoms with Crippen LogP contribution >= 0.6 is 0 Å². The molecule has 0 spiro atoms. The average molecular weight is 393 g/mol. The van der Waals surface area contributed by atoms with E-state index in [1.807, 2.05) is 30.3 Å². The summed E-state index contributed by atoms with van der Waals surface area (Å²) in [6.45, 7) is 1.39. The van der Waals surface area contributed by atoms with Crippen molar-refractivity contribution in [1.82, 2.24) is 20.2 Å². The summed E-state index contributed by atoms with van der Waals surface area (Å²) in [6, 6.07) is 9.77. The summed E-state index contributed by atoms with van der Waals surface area (Å²) in [6.07, 6.45) is 9.32. The normalized spacial score (nSPS) is 17.5. The molecule has 6 heteroatoms. The lowest BCUT2D eigenvalue weighted by molar-refractivity contribution is -0.122. The lowest BCUT2D eigenvalue weighted by atomic mass is 9.89. The Morgan fingerprint density at radius 1 is 1.10 bits per heavy atom. The van der Waals surface area contributed by atoms with Gasteiger partial charge in [0.2, 0.25) is 5.91 Å². The molecule has 1 aliphatic carbocycles. The molecule has 0 saturated heterocycles. The summed E-state index contributed by atoms with van der Waals surface area (Å²) in [5.74, 6) is 0.994. The summed E-state index contributed by atoms with van der Waals surface area (Å²) in [7, 11) is 0. The highest BCUT2D eigenvalue weighted by Gasteiger charge is 2.26. The first-order chi connectivity index (χ1) is 14.2. The Hall–Kier alpha value is -2.76. The Labute approximate surface area is 171 Å². The zero-order chi connectivity index (χ0) is 20.1. The molecule has 1 fully saturated rings. The number of amides is 2. The number of aryl methyl sites for hydroxylation is 1. The molecule has 0 bridgehead atoms. The number of nitrogens with one attached hydrogen (secondary N) is 1. The van der Waals surface area contributed by atoms with E-state index in [-0.39, 0.29) is 18.4 Å². The summed E-state index contributed by atoms with van der Waals surface area (Å²) in [5.41, 5.74) is 2.22. The number of fused-ring (bicyclic) bond motifs is 1. The Bertz CT molecular complexity index is 862. The highest BCUT2D eigenvalue weighted by atomic mass is 16.2. The molecule has 1 aromatic heterocycles. The van der Waals surface area contributed by atoms with Crippen molar-refractivity contribution in [1.29, 1.82) is 0 Å². The second kappa shape index (κ2) is 9.16. The standard InChI is InChI=1S/C23H28N4O2/c28-21(24-14-17-8-3-1-4-9-17)16-27-13-7-12-20-19(23(27)29)15-25-22(26-20)18-10-5-2-6-11-18/h2,5-6,10-11,15,17H,1,3-4,7-9,12-14,16H2,(H,24,28). The van der Waals surface area contributed by atoms with Gasteiger partial charge in [-0.15, -0.1) is 0 Å². The number of rotatable bonds is 5. The maximum Gasteiger partial charge on any atom is 0.257 e. The molecule has 4 rings (SSSR count). The van der Waals surface area contributed by atoms with E-state index in [2.05, 4.69) is 15.3 Å². The van der Waals surface area contributed by atoms with Gasteiger partial charge in [-0.3, -0.25) is 9.59 Å². The number of nitrogens with zero attached hydrogens (tertiary/aromatic N) is 3. The molecular weight excluding hydrogens is 364 g/mol. The fourth-order valence-corrected chi connectivity index (χ4v) is 4.25. The fraction of sp³-hybridized carbons (Fsp3) is 0.478. The first-order valence-electron chi connectivity index (χ1n) is 10.7. The van der Waals surface area contributed by atoms with Gasteiger partial charge in [0, 0.05) is 24.8 Å². The van der Waals surface area contributed by atoms with Crippen LogP contribution in [-0.4, -0.2) is 46.3 Å². The molecule has 152 valence electrons. The van der Waals surface area contributed by atoms with Crippen LogP contribution in [-0.2, 0) is 11.2 Å². The van der Waals surface area contributed by atoms with Crippen LogP contribution in [0, 0.1) is 5.92 Å². The van der Waals surface area contributed by atoms with E-state index in [9.17, 15) is 9.59 Å². The average Bonchev–Trinajstić information content (AvgIpc) is 2.92. The van der Waals surface area contributed by atoms with Gasteiger partial charge in [0.25, 0.3) is 5.91 Å². The number of benzene rings is 1. The zero-order valence-electron chi connectivity index (χ0n) is 16.8. The van der Waals surface area contributed by atoms with E-state index >= 15 is 0 Å². The Morgan fingerprint density at radius 3 is 2.69 bits per heavy atom. The van der Waals surface area contributed by atoms with E-state index in [4.69, 9.17) is 0 Å². The van der Waals surface area contributed by atoms with Gasteiger partial charge in [-0.2, -0.15) is 0 Å². The van der Waals surface area contributed by atoms with Crippen LogP contribution in [0.25, 0.3) is 11.4 Å². The van der Waals surface area contributed by atoms with Crippen LogP contribution < -0.4 is 5.32 Å². The molecular formula is C23H28N4O2. The largest absolute Gasteiger partial charge is 0.354 e. The van der Waals surface area contributed by atoms with Crippen LogP contribution in [0.2, 0.25) is 0 Å². The van der Waals surface area contributed by atoms with E-state index in [1.54, 1.807) is 11.1 Å². The first-order valence-corrected chi connectivity index (χ1v) is 10.7. The van der Waals surface area contributed by atoms with Crippen molar-refractivity contribution in [3.05, 3.63) is 47.8 Å². The maximum absolute atomic E-state index is 13.0. The van der Waals surface area contributed by atoms with Crippen LogP contribution in [0.5, 0.6) is 0 Å². The molecule has 0 atom stereocenters. The molecule has 2 amide bonds. The quantitative estimate of drug-likeness (QED) is 0.848. The molecule has 1 aliphatic heterocycles. The number of hydrogen-bond acceptors (Lipinski definition) is 4. The second-order valence-corrected chi connectivity index (χ2v) is 8.06. The molecule has 0 radical (unpaired) electrons. The lowest BCUT2D eigenvalue weighted by Crippen LogP contribution is -2.42. The third-order valence-electron chi connectivity index (χ3n) is 5.91. The molecule has 2 aromatic rings. The predicted octanol–water partition coefficient (Wildman–Crippen LogP) is 3.23. The van der Waals surface area contributed by atoms with E-state index in [1.165, 1.54) is 32.1 Å². The van der Waals surface area contributed by atoms with Crippen molar-refractivity contribution in [2.24, 2.45) is 5.92 Å². The topological polar surface area (TPSA) is 75.2 Å². The minimum Gasteiger partial charge on any atom is -0.354 e. The Balaban J connectivity index is 1.41. The van der Waals surface area contributed by atoms with Gasteiger partial charge in [-0.25, -0.2) is 9.97 Å². The highest BCUT2D eigenvalue weighted by molar-refractivity contribution is 5.97. The molecule has 0 unspecified atom stereocenters. The smallest absolute Gasteiger partial charge is 0.257 e. The summed E-state index contributed by atoms with van der Waals surface area (Å²) < 4.78 is 0. The van der Waals surface area contributed by atoms with Crippen molar-refractivity contribution in [2.45, 2.75) is 44.9 Å². The first kappa shape index (κ1) is 19.6. The number of hydrogen-bond donors (Lipinski definition) is 1. The van der Waals surface area contributed by atoms with Crippen LogP contribution in [0.3, 0.4) is 0 Å². The van der Waals surface area contributed by atoms with Gasteiger partial charge in [0.15, 0.2) is 5.82 Å². The minimum absolute atomic E-state index is 0.0748. The molecule has 2 heterocycles. The fourth-order valence-electron chi connectivity index (χ4n) is 4.25. The molecule has 29 heavy (non-hydrogen) atoms. The van der Waals surface area contributed by atoms with Crippen molar-refractivity contribution in [3.63, 3.8) is 0 Å². The van der Waals surface area contributed by atoms with Crippen LogP contribution in [0.4, 0.5) is 0 Å². The summed E-state index contributed by atoms with van der Waals surface area (Å²) in [5, 5.41) is 3.03. The lowest BCUT2D eigenvalue weighted by Gasteiger charge is -2.23. The Morgan fingerprint density at radius 2 is 1.90 bits per heavy atom. The number of aromatic nitrogens is 2. The van der Waals surface area contributed by atoms with Crippen LogP contribution in [0.15, 0.2) is 36.5 Å². The van der Waals surface area contributed by atoms with Gasteiger partial charge < -0.3 is 10.2 Å². The minimum atomic E-state index is -0.148. The van der Waals surface area contributed by atoms with Crippen molar-refractivity contribution in [3.8, 4) is 11.4 Å².